The number of aliphatic hydroxyl groups is 1. The van der Waals surface area contributed by atoms with E-state index in [1.54, 1.807) is 6.08 Å². The van der Waals surface area contributed by atoms with Crippen molar-refractivity contribution in [2.75, 3.05) is 7.11 Å². The van der Waals surface area contributed by atoms with Gasteiger partial charge in [0.1, 0.15) is 22.8 Å². The lowest BCUT2D eigenvalue weighted by molar-refractivity contribution is 0.103. The van der Waals surface area contributed by atoms with Crippen LogP contribution in [0.25, 0.3) is 0 Å². The first kappa shape index (κ1) is 13.2. The van der Waals surface area contributed by atoms with Crippen LogP contribution in [0, 0.1) is 0 Å². The number of rotatable bonds is 3. The molecule has 1 atom stereocenters. The number of allylic oxidation sites excluding steroid dienone is 2. The van der Waals surface area contributed by atoms with E-state index in [1.165, 1.54) is 31.4 Å². The van der Waals surface area contributed by atoms with Gasteiger partial charge in [0.05, 0.1) is 13.2 Å². The number of hydrogen-bond donors (Lipinski definition) is 3. The van der Waals surface area contributed by atoms with E-state index in [0.717, 1.165) is 0 Å². The Morgan fingerprint density at radius 3 is 2.42 bits per heavy atom. The third-order valence-corrected chi connectivity index (χ3v) is 2.87. The summed E-state index contributed by atoms with van der Waals surface area (Å²) in [5, 5.41) is 28.9. The zero-order valence-corrected chi connectivity index (χ0v) is 10.3. The Bertz CT molecular complexity index is 548. The lowest BCUT2D eigenvalue weighted by Crippen LogP contribution is -2.10. The van der Waals surface area contributed by atoms with E-state index in [4.69, 9.17) is 4.74 Å². The molecule has 2 rings (SSSR count). The van der Waals surface area contributed by atoms with Crippen LogP contribution in [0.4, 0.5) is 0 Å². The minimum absolute atomic E-state index is 0.173. The fourth-order valence-electron chi connectivity index (χ4n) is 1.86. The normalized spacial score (nSPS) is 18.0. The molecule has 100 valence electrons. The lowest BCUT2D eigenvalue weighted by atomic mass is 9.96. The number of ether oxygens (including phenoxy) is 1. The number of carbonyl (C=O) groups is 1. The second-order valence-corrected chi connectivity index (χ2v) is 4.19. The number of benzene rings is 1. The zero-order valence-electron chi connectivity index (χ0n) is 10.3. The van der Waals surface area contributed by atoms with Crippen LogP contribution in [-0.4, -0.2) is 34.3 Å². The van der Waals surface area contributed by atoms with E-state index >= 15 is 0 Å². The molecule has 0 amide bonds. The molecule has 1 aliphatic rings. The second kappa shape index (κ2) is 5.16. The van der Waals surface area contributed by atoms with Gasteiger partial charge in [-0.1, -0.05) is 18.2 Å². The van der Waals surface area contributed by atoms with Crippen molar-refractivity contribution in [1.82, 2.24) is 0 Å². The zero-order chi connectivity index (χ0) is 14.0. The fraction of sp³-hybridized carbons (Fsp3) is 0.214. The molecule has 0 radical (unpaired) electrons. The molecular weight excluding hydrogens is 248 g/mol. The van der Waals surface area contributed by atoms with Gasteiger partial charge in [0.15, 0.2) is 5.78 Å². The highest BCUT2D eigenvalue weighted by molar-refractivity contribution is 6.14. The van der Waals surface area contributed by atoms with Gasteiger partial charge in [-0.25, -0.2) is 0 Å². The molecule has 0 heterocycles. The van der Waals surface area contributed by atoms with Crippen molar-refractivity contribution in [3.63, 3.8) is 0 Å². The van der Waals surface area contributed by atoms with E-state index in [-0.39, 0.29) is 22.8 Å². The van der Waals surface area contributed by atoms with Gasteiger partial charge < -0.3 is 20.1 Å². The van der Waals surface area contributed by atoms with E-state index in [9.17, 15) is 20.1 Å². The van der Waals surface area contributed by atoms with Crippen LogP contribution in [0.3, 0.4) is 0 Å². The van der Waals surface area contributed by atoms with Gasteiger partial charge >= 0.3 is 0 Å². The van der Waals surface area contributed by atoms with Crippen LogP contribution < -0.4 is 4.74 Å². The van der Waals surface area contributed by atoms with Crippen molar-refractivity contribution >= 4 is 5.78 Å². The summed E-state index contributed by atoms with van der Waals surface area (Å²) < 4.78 is 4.88. The Morgan fingerprint density at radius 2 is 1.95 bits per heavy atom. The van der Waals surface area contributed by atoms with Crippen molar-refractivity contribution in [2.24, 2.45) is 0 Å². The highest BCUT2D eigenvalue weighted by Gasteiger charge is 2.21. The van der Waals surface area contributed by atoms with Gasteiger partial charge in [0, 0.05) is 17.7 Å². The number of ketones is 1. The maximum Gasteiger partial charge on any atom is 0.200 e. The van der Waals surface area contributed by atoms with E-state index in [0.29, 0.717) is 12.0 Å². The molecule has 0 spiro atoms. The summed E-state index contributed by atoms with van der Waals surface area (Å²) in [5.74, 6) is -0.930. The van der Waals surface area contributed by atoms with Crippen molar-refractivity contribution < 1.29 is 24.9 Å². The topological polar surface area (TPSA) is 87.0 Å². The van der Waals surface area contributed by atoms with Gasteiger partial charge in [-0.2, -0.15) is 0 Å². The number of aromatic hydroxyl groups is 2. The van der Waals surface area contributed by atoms with Gasteiger partial charge in [-0.3, -0.25) is 4.79 Å². The van der Waals surface area contributed by atoms with Crippen molar-refractivity contribution in [3.05, 3.63) is 41.5 Å². The smallest absolute Gasteiger partial charge is 0.200 e. The number of aliphatic hydroxyl groups excluding tert-OH is 1. The summed E-state index contributed by atoms with van der Waals surface area (Å²) in [6.45, 7) is 0. The van der Waals surface area contributed by atoms with Gasteiger partial charge in [-0.05, 0) is 6.42 Å². The molecule has 0 saturated heterocycles. The van der Waals surface area contributed by atoms with Crippen LogP contribution in [0.2, 0.25) is 0 Å². The number of Topliss-reactive ketones (excluding diaryl/α,β-unsaturated/α-hetero) is 1. The Balaban J connectivity index is 2.37. The summed E-state index contributed by atoms with van der Waals surface area (Å²) in [7, 11) is 1.39. The SMILES string of the molecule is COc1cc(O)c(C(=O)C2=CCC(O)C=C2)c(O)c1. The number of phenolic OH excluding ortho intramolecular Hbond substituents is 2. The molecular formula is C14H14O5. The first-order valence-electron chi connectivity index (χ1n) is 5.74. The van der Waals surface area contributed by atoms with E-state index < -0.39 is 11.9 Å². The first-order chi connectivity index (χ1) is 9.02. The molecule has 1 aliphatic carbocycles. The molecule has 5 heteroatoms. The molecule has 0 aliphatic heterocycles. The van der Waals surface area contributed by atoms with E-state index in [1.807, 2.05) is 0 Å². The maximum atomic E-state index is 12.2. The number of phenols is 2. The van der Waals surface area contributed by atoms with Crippen LogP contribution in [-0.2, 0) is 0 Å². The molecule has 5 nitrogen and oxygen atoms in total. The molecule has 1 aromatic rings. The summed E-state index contributed by atoms with van der Waals surface area (Å²) in [6, 6.07) is 2.52. The lowest BCUT2D eigenvalue weighted by Gasteiger charge is -2.12. The van der Waals surface area contributed by atoms with Gasteiger partial charge in [0.25, 0.3) is 0 Å². The standard InChI is InChI=1S/C14H14O5/c1-19-10-6-11(16)13(12(17)7-10)14(18)8-2-4-9(15)5-3-8/h2-4,6-7,9,15-17H,5H2,1H3. The molecule has 3 N–H and O–H groups in total. The Hall–Kier alpha value is -2.27. The first-order valence-corrected chi connectivity index (χ1v) is 5.74. The maximum absolute atomic E-state index is 12.2. The summed E-state index contributed by atoms with van der Waals surface area (Å²) >= 11 is 0. The molecule has 19 heavy (non-hydrogen) atoms. The Kier molecular flexibility index (Phi) is 3.57. The van der Waals surface area contributed by atoms with Gasteiger partial charge in [-0.15, -0.1) is 0 Å². The highest BCUT2D eigenvalue weighted by atomic mass is 16.5. The molecule has 0 aromatic heterocycles. The summed E-state index contributed by atoms with van der Waals surface area (Å²) in [6.07, 6.45) is 4.25. The number of carbonyl (C=O) groups excluding carboxylic acids is 1. The molecule has 0 saturated carbocycles. The molecule has 0 bridgehead atoms. The van der Waals surface area contributed by atoms with Gasteiger partial charge in [0.2, 0.25) is 0 Å². The molecule has 0 fully saturated rings. The quantitative estimate of drug-likeness (QED) is 0.719. The van der Waals surface area contributed by atoms with Crippen LogP contribution in [0.1, 0.15) is 16.8 Å². The third kappa shape index (κ3) is 2.61. The monoisotopic (exact) mass is 262 g/mol. The highest BCUT2D eigenvalue weighted by Crippen LogP contribution is 2.34. The number of hydrogen-bond acceptors (Lipinski definition) is 5. The number of methoxy groups -OCH3 is 1. The van der Waals surface area contributed by atoms with Crippen LogP contribution in [0.5, 0.6) is 17.2 Å². The average Bonchev–Trinajstić information content (AvgIpc) is 2.38. The summed E-state index contributed by atoms with van der Waals surface area (Å²) in [4.78, 5) is 12.2. The van der Waals surface area contributed by atoms with Crippen molar-refractivity contribution in [1.29, 1.82) is 0 Å². The average molecular weight is 262 g/mol. The fourth-order valence-corrected chi connectivity index (χ4v) is 1.86. The molecule has 1 unspecified atom stereocenters. The minimum atomic E-state index is -0.602. The minimum Gasteiger partial charge on any atom is -0.507 e. The second-order valence-electron chi connectivity index (χ2n) is 4.19. The molecule has 1 aromatic carbocycles. The van der Waals surface area contributed by atoms with E-state index in [2.05, 4.69) is 0 Å². The van der Waals surface area contributed by atoms with Crippen LogP contribution >= 0.6 is 0 Å². The predicted molar refractivity (Wildman–Crippen MR) is 68.5 cm³/mol. The van der Waals surface area contributed by atoms with Crippen LogP contribution in [0.15, 0.2) is 35.9 Å². The van der Waals surface area contributed by atoms with Crippen molar-refractivity contribution in [3.8, 4) is 17.2 Å². The largest absolute Gasteiger partial charge is 0.507 e. The Morgan fingerprint density at radius 1 is 1.32 bits per heavy atom. The van der Waals surface area contributed by atoms with Crippen molar-refractivity contribution in [2.45, 2.75) is 12.5 Å². The summed E-state index contributed by atoms with van der Waals surface area (Å²) in [5.41, 5.74) is 0.147. The third-order valence-electron chi connectivity index (χ3n) is 2.87. The Labute approximate surface area is 110 Å². The predicted octanol–water partition coefficient (Wildman–Crippen LogP) is 1.54.